The molecule has 40 heavy (non-hydrogen) atoms. The summed E-state index contributed by atoms with van der Waals surface area (Å²) in [6.07, 6.45) is 0. The van der Waals surface area contributed by atoms with E-state index in [0.29, 0.717) is 11.5 Å². The summed E-state index contributed by atoms with van der Waals surface area (Å²) in [6, 6.07) is 18.3. The first-order valence-corrected chi connectivity index (χ1v) is 14.4. The zero-order chi connectivity index (χ0) is 29.4. The largest absolute Gasteiger partial charge is 0.497 e. The zero-order valence-electron chi connectivity index (χ0n) is 23.1. The van der Waals surface area contributed by atoms with Crippen LogP contribution in [0.1, 0.15) is 26.3 Å². The highest BCUT2D eigenvalue weighted by Gasteiger charge is 2.33. The smallest absolute Gasteiger partial charge is 0.264 e. The number of anilines is 1. The van der Waals surface area contributed by atoms with Crippen LogP contribution >= 0.6 is 11.6 Å². The molecule has 0 unspecified atom stereocenters. The molecular formula is C29H34ClN3O6S. The van der Waals surface area contributed by atoms with E-state index in [2.05, 4.69) is 5.32 Å². The van der Waals surface area contributed by atoms with Gasteiger partial charge in [-0.05, 0) is 68.8 Å². The molecule has 0 radical (unpaired) electrons. The van der Waals surface area contributed by atoms with Crippen molar-refractivity contribution >= 4 is 39.1 Å². The van der Waals surface area contributed by atoms with Gasteiger partial charge in [-0.2, -0.15) is 0 Å². The van der Waals surface area contributed by atoms with E-state index in [1.807, 2.05) is 13.8 Å². The molecule has 0 aliphatic rings. The number of methoxy groups -OCH3 is 2. The fourth-order valence-corrected chi connectivity index (χ4v) is 5.65. The van der Waals surface area contributed by atoms with E-state index in [1.165, 1.54) is 42.3 Å². The summed E-state index contributed by atoms with van der Waals surface area (Å²) in [6.45, 7) is 4.75. The number of sulfonamides is 1. The van der Waals surface area contributed by atoms with Crippen LogP contribution in [0, 0.1) is 0 Å². The van der Waals surface area contributed by atoms with Crippen molar-refractivity contribution < 1.29 is 27.5 Å². The lowest BCUT2D eigenvalue weighted by atomic mass is 10.1. The molecule has 0 heterocycles. The van der Waals surface area contributed by atoms with Gasteiger partial charge in [0.1, 0.15) is 24.1 Å². The van der Waals surface area contributed by atoms with Crippen LogP contribution in [0.15, 0.2) is 77.7 Å². The number of halogens is 1. The predicted octanol–water partition coefficient (Wildman–Crippen LogP) is 4.49. The van der Waals surface area contributed by atoms with E-state index in [1.54, 1.807) is 56.5 Å². The van der Waals surface area contributed by atoms with Crippen molar-refractivity contribution in [3.8, 4) is 11.5 Å². The summed E-state index contributed by atoms with van der Waals surface area (Å²) < 4.78 is 39.1. The fourth-order valence-electron chi connectivity index (χ4n) is 3.97. The van der Waals surface area contributed by atoms with Crippen molar-refractivity contribution in [3.63, 3.8) is 0 Å². The van der Waals surface area contributed by atoms with Crippen LogP contribution in [-0.2, 0) is 26.2 Å². The van der Waals surface area contributed by atoms with Gasteiger partial charge in [0.2, 0.25) is 11.8 Å². The molecule has 11 heteroatoms. The molecule has 2 amide bonds. The Hall–Kier alpha value is -3.76. The van der Waals surface area contributed by atoms with E-state index < -0.39 is 28.5 Å². The van der Waals surface area contributed by atoms with E-state index in [9.17, 15) is 18.0 Å². The van der Waals surface area contributed by atoms with Crippen LogP contribution < -0.4 is 19.1 Å². The number of hydrogen-bond acceptors (Lipinski definition) is 6. The minimum absolute atomic E-state index is 0.00189. The van der Waals surface area contributed by atoms with E-state index in [0.717, 1.165) is 9.87 Å². The van der Waals surface area contributed by atoms with E-state index >= 15 is 0 Å². The molecule has 3 aromatic carbocycles. The highest BCUT2D eigenvalue weighted by atomic mass is 35.5. The molecule has 0 fully saturated rings. The van der Waals surface area contributed by atoms with Crippen LogP contribution in [0.3, 0.4) is 0 Å². The number of carbonyl (C=O) groups is 2. The molecule has 0 aliphatic heterocycles. The summed E-state index contributed by atoms with van der Waals surface area (Å²) in [7, 11) is -1.20. The SMILES string of the molecule is COc1ccc(CN(C(=O)CN(c2ccc(OC)c(Cl)c2)S(=O)(=O)c2ccccc2)[C@H](C)C(=O)NC(C)C)cc1. The Labute approximate surface area is 240 Å². The predicted molar refractivity (Wildman–Crippen MR) is 155 cm³/mol. The Morgan fingerprint density at radius 3 is 2.12 bits per heavy atom. The first-order valence-electron chi connectivity index (χ1n) is 12.6. The quantitative estimate of drug-likeness (QED) is 0.335. The third-order valence-corrected chi connectivity index (χ3v) is 8.23. The number of nitrogens with one attached hydrogen (secondary N) is 1. The molecule has 0 saturated carbocycles. The third-order valence-electron chi connectivity index (χ3n) is 6.14. The summed E-state index contributed by atoms with van der Waals surface area (Å²) in [5.41, 5.74) is 0.912. The lowest BCUT2D eigenvalue weighted by Crippen LogP contribution is -2.52. The van der Waals surface area contributed by atoms with Crippen molar-refractivity contribution in [1.29, 1.82) is 0 Å². The maximum atomic E-state index is 13.9. The van der Waals surface area contributed by atoms with Gasteiger partial charge in [0.25, 0.3) is 10.0 Å². The molecule has 0 aliphatic carbocycles. The Balaban J connectivity index is 2.04. The molecule has 3 rings (SSSR count). The first kappa shape index (κ1) is 30.8. The van der Waals surface area contributed by atoms with Gasteiger partial charge in [-0.3, -0.25) is 13.9 Å². The number of rotatable bonds is 12. The molecule has 1 N–H and O–H groups in total. The van der Waals surface area contributed by atoms with Crippen LogP contribution in [0.25, 0.3) is 0 Å². The van der Waals surface area contributed by atoms with Crippen molar-refractivity contribution in [2.24, 2.45) is 0 Å². The fraction of sp³-hybridized carbons (Fsp3) is 0.310. The van der Waals surface area contributed by atoms with Crippen LogP contribution in [-0.4, -0.2) is 58.0 Å². The minimum Gasteiger partial charge on any atom is -0.497 e. The lowest BCUT2D eigenvalue weighted by Gasteiger charge is -2.32. The second-order valence-corrected chi connectivity index (χ2v) is 11.6. The number of hydrogen-bond donors (Lipinski definition) is 1. The van der Waals surface area contributed by atoms with Crippen LogP contribution in [0.5, 0.6) is 11.5 Å². The average molecular weight is 588 g/mol. The Kier molecular flexibility index (Phi) is 10.4. The van der Waals surface area contributed by atoms with Crippen LogP contribution in [0.4, 0.5) is 5.69 Å². The molecule has 0 aromatic heterocycles. The third kappa shape index (κ3) is 7.45. The first-order chi connectivity index (χ1) is 19.0. The molecule has 3 aromatic rings. The van der Waals surface area contributed by atoms with Gasteiger partial charge in [0, 0.05) is 12.6 Å². The minimum atomic E-state index is -4.20. The second-order valence-electron chi connectivity index (χ2n) is 9.35. The number of benzene rings is 3. The van der Waals surface area contributed by atoms with Gasteiger partial charge in [-0.15, -0.1) is 0 Å². The zero-order valence-corrected chi connectivity index (χ0v) is 24.7. The molecule has 214 valence electrons. The molecular weight excluding hydrogens is 554 g/mol. The summed E-state index contributed by atoms with van der Waals surface area (Å²) >= 11 is 6.34. The van der Waals surface area contributed by atoms with E-state index in [4.69, 9.17) is 21.1 Å². The highest BCUT2D eigenvalue weighted by Crippen LogP contribution is 2.32. The normalized spacial score (nSPS) is 12.0. The standard InChI is InChI=1S/C29H34ClN3O6S/c1-20(2)31-29(35)21(3)32(18-22-11-14-24(38-4)15-12-22)28(34)19-33(23-13-16-27(39-5)26(30)17-23)40(36,37)25-9-7-6-8-10-25/h6-17,20-21H,18-19H2,1-5H3,(H,31,35)/t21-/m1/s1. The summed E-state index contributed by atoms with van der Waals surface area (Å²) in [5, 5.41) is 3.01. The number of amides is 2. The van der Waals surface area contributed by atoms with Crippen molar-refractivity contribution in [2.75, 3.05) is 25.1 Å². The monoisotopic (exact) mass is 587 g/mol. The lowest BCUT2D eigenvalue weighted by molar-refractivity contribution is -0.139. The molecule has 0 spiro atoms. The van der Waals surface area contributed by atoms with Gasteiger partial charge in [0.15, 0.2) is 0 Å². The second kappa shape index (κ2) is 13.5. The molecule has 9 nitrogen and oxygen atoms in total. The number of nitrogens with zero attached hydrogens (tertiary/aromatic N) is 2. The topological polar surface area (TPSA) is 105 Å². The maximum absolute atomic E-state index is 13.9. The van der Waals surface area contributed by atoms with Crippen LogP contribution in [0.2, 0.25) is 5.02 Å². The van der Waals surface area contributed by atoms with Gasteiger partial charge >= 0.3 is 0 Å². The number of carbonyl (C=O) groups excluding carboxylic acids is 2. The van der Waals surface area contributed by atoms with Crippen molar-refractivity contribution in [1.82, 2.24) is 10.2 Å². The van der Waals surface area contributed by atoms with Gasteiger partial charge in [-0.1, -0.05) is 41.9 Å². The Morgan fingerprint density at radius 1 is 0.925 bits per heavy atom. The summed E-state index contributed by atoms with van der Waals surface area (Å²) in [5.74, 6) is 0.0631. The molecule has 1 atom stereocenters. The number of ether oxygens (including phenoxy) is 2. The molecule has 0 bridgehead atoms. The molecule has 0 saturated heterocycles. The highest BCUT2D eigenvalue weighted by molar-refractivity contribution is 7.92. The van der Waals surface area contributed by atoms with Gasteiger partial charge in [0.05, 0.1) is 29.8 Å². The van der Waals surface area contributed by atoms with E-state index in [-0.39, 0.29) is 34.1 Å². The van der Waals surface area contributed by atoms with Gasteiger partial charge in [-0.25, -0.2) is 8.42 Å². The average Bonchev–Trinajstić information content (AvgIpc) is 2.94. The van der Waals surface area contributed by atoms with Gasteiger partial charge < -0.3 is 19.7 Å². The van der Waals surface area contributed by atoms with Crippen molar-refractivity contribution in [2.45, 2.75) is 44.3 Å². The Bertz CT molecular complexity index is 1420. The summed E-state index contributed by atoms with van der Waals surface area (Å²) in [4.78, 5) is 28.3. The maximum Gasteiger partial charge on any atom is 0.264 e. The van der Waals surface area contributed by atoms with Crippen molar-refractivity contribution in [3.05, 3.63) is 83.4 Å². The Morgan fingerprint density at radius 2 is 1.57 bits per heavy atom.